The van der Waals surface area contributed by atoms with Crippen molar-refractivity contribution in [3.8, 4) is 11.3 Å². The summed E-state index contributed by atoms with van der Waals surface area (Å²) in [5.41, 5.74) is 7.87. The number of nitrogens with two attached hydrogens (primary N) is 1. The zero-order valence-corrected chi connectivity index (χ0v) is 14.5. The Morgan fingerprint density at radius 3 is 2.76 bits per heavy atom. The fraction of sp³-hybridized carbons (Fsp3) is 0.571. The van der Waals surface area contributed by atoms with Crippen LogP contribution in [-0.4, -0.2) is 40.4 Å². The second-order valence-corrected chi connectivity index (χ2v) is 6.72. The number of nitrogens with one attached hydrogen (secondary N) is 1. The van der Waals surface area contributed by atoms with Gasteiger partial charge in [-0.1, -0.05) is 13.8 Å². The second kappa shape index (κ2) is 7.72. The van der Waals surface area contributed by atoms with Crippen LogP contribution in [0.1, 0.15) is 25.3 Å². The van der Waals surface area contributed by atoms with Gasteiger partial charge in [-0.3, -0.25) is 0 Å². The molecule has 0 spiro atoms. The van der Waals surface area contributed by atoms with Crippen molar-refractivity contribution in [1.29, 1.82) is 0 Å². The lowest BCUT2D eigenvalue weighted by Gasteiger charge is -2.19. The summed E-state index contributed by atoms with van der Waals surface area (Å²) in [5.74, 6) is 0.564. The largest absolute Gasteiger partial charge is 0.382 e. The molecule has 5 nitrogen and oxygen atoms in total. The summed E-state index contributed by atoms with van der Waals surface area (Å²) in [6.07, 6.45) is 1.19. The standard InChI is InChI=1S/C14H23N5S2/c1-4-7-19(5-2)8-6-16-14-12(13(15)18-21-14)11-9-20-10(3)17-11/h9,16H,4-8H2,1-3H3,(H2,15,18). The van der Waals surface area contributed by atoms with Crippen LogP contribution in [0.2, 0.25) is 0 Å². The molecule has 0 unspecified atom stereocenters. The highest BCUT2D eigenvalue weighted by Crippen LogP contribution is 2.36. The number of thiazole rings is 1. The third-order valence-electron chi connectivity index (χ3n) is 3.29. The Kier molecular flexibility index (Phi) is 5.96. The number of nitrogen functional groups attached to an aromatic ring is 1. The molecule has 2 heterocycles. The van der Waals surface area contributed by atoms with Gasteiger partial charge in [-0.15, -0.1) is 11.3 Å². The smallest absolute Gasteiger partial charge is 0.148 e. The number of aryl methyl sites for hydroxylation is 1. The lowest BCUT2D eigenvalue weighted by Crippen LogP contribution is -2.29. The van der Waals surface area contributed by atoms with Crippen molar-refractivity contribution in [2.75, 3.05) is 37.2 Å². The number of hydrogen-bond donors (Lipinski definition) is 2. The molecule has 7 heteroatoms. The summed E-state index contributed by atoms with van der Waals surface area (Å²) in [6.45, 7) is 10.6. The molecular weight excluding hydrogens is 302 g/mol. The van der Waals surface area contributed by atoms with Gasteiger partial charge in [0, 0.05) is 18.5 Å². The molecule has 0 bridgehead atoms. The van der Waals surface area contributed by atoms with Crippen molar-refractivity contribution < 1.29 is 0 Å². The first kappa shape index (κ1) is 16.2. The van der Waals surface area contributed by atoms with Crippen molar-refractivity contribution >= 4 is 33.7 Å². The van der Waals surface area contributed by atoms with E-state index in [1.165, 1.54) is 18.0 Å². The van der Waals surface area contributed by atoms with Crippen molar-refractivity contribution in [3.05, 3.63) is 10.4 Å². The minimum absolute atomic E-state index is 0.564. The lowest BCUT2D eigenvalue weighted by molar-refractivity contribution is 0.300. The fourth-order valence-corrected chi connectivity index (χ4v) is 3.57. The van der Waals surface area contributed by atoms with E-state index < -0.39 is 0 Å². The zero-order valence-electron chi connectivity index (χ0n) is 12.8. The summed E-state index contributed by atoms with van der Waals surface area (Å²) < 4.78 is 4.26. The van der Waals surface area contributed by atoms with Crippen LogP contribution >= 0.6 is 22.9 Å². The molecule has 0 amide bonds. The summed E-state index contributed by atoms with van der Waals surface area (Å²) in [4.78, 5) is 6.95. The van der Waals surface area contributed by atoms with Crippen molar-refractivity contribution in [2.45, 2.75) is 27.2 Å². The van der Waals surface area contributed by atoms with Gasteiger partial charge < -0.3 is 16.0 Å². The Labute approximate surface area is 134 Å². The zero-order chi connectivity index (χ0) is 15.2. The van der Waals surface area contributed by atoms with Crippen LogP contribution in [0, 0.1) is 6.92 Å². The number of likely N-dealkylation sites (N-methyl/N-ethyl adjacent to an activating group) is 1. The maximum absolute atomic E-state index is 6.00. The van der Waals surface area contributed by atoms with E-state index >= 15 is 0 Å². The molecule has 0 saturated heterocycles. The summed E-state index contributed by atoms with van der Waals surface area (Å²) in [7, 11) is 0. The lowest BCUT2D eigenvalue weighted by atomic mass is 10.2. The van der Waals surface area contributed by atoms with E-state index in [1.54, 1.807) is 11.3 Å². The number of nitrogens with zero attached hydrogens (tertiary/aromatic N) is 3. The molecule has 2 aromatic heterocycles. The first-order valence-electron chi connectivity index (χ1n) is 7.29. The predicted octanol–water partition coefficient (Wildman–Crippen LogP) is 3.30. The van der Waals surface area contributed by atoms with E-state index in [4.69, 9.17) is 5.73 Å². The maximum atomic E-state index is 6.00. The van der Waals surface area contributed by atoms with E-state index in [9.17, 15) is 0 Å². The van der Waals surface area contributed by atoms with Gasteiger partial charge in [0.05, 0.1) is 16.3 Å². The Morgan fingerprint density at radius 1 is 1.33 bits per heavy atom. The maximum Gasteiger partial charge on any atom is 0.148 e. The summed E-state index contributed by atoms with van der Waals surface area (Å²) in [6, 6.07) is 0. The molecule has 0 saturated carbocycles. The summed E-state index contributed by atoms with van der Waals surface area (Å²) >= 11 is 3.05. The van der Waals surface area contributed by atoms with Crippen LogP contribution in [0.5, 0.6) is 0 Å². The minimum atomic E-state index is 0.564. The van der Waals surface area contributed by atoms with Crippen molar-refractivity contribution in [2.24, 2.45) is 0 Å². The van der Waals surface area contributed by atoms with E-state index in [0.717, 1.165) is 47.4 Å². The summed E-state index contributed by atoms with van der Waals surface area (Å²) in [5, 5.41) is 7.56. The predicted molar refractivity (Wildman–Crippen MR) is 93.3 cm³/mol. The fourth-order valence-electron chi connectivity index (χ4n) is 2.22. The highest BCUT2D eigenvalue weighted by molar-refractivity contribution is 7.11. The van der Waals surface area contributed by atoms with Crippen molar-refractivity contribution in [1.82, 2.24) is 14.3 Å². The quantitative estimate of drug-likeness (QED) is 0.779. The third-order valence-corrected chi connectivity index (χ3v) is 4.89. The first-order valence-corrected chi connectivity index (χ1v) is 8.94. The van der Waals surface area contributed by atoms with Crippen LogP contribution in [0.4, 0.5) is 10.8 Å². The molecule has 0 atom stereocenters. The van der Waals surface area contributed by atoms with Gasteiger partial charge in [0.25, 0.3) is 0 Å². The molecular formula is C14H23N5S2. The van der Waals surface area contributed by atoms with Gasteiger partial charge in [-0.2, -0.15) is 4.37 Å². The highest BCUT2D eigenvalue weighted by atomic mass is 32.1. The van der Waals surface area contributed by atoms with Crippen LogP contribution in [-0.2, 0) is 0 Å². The van der Waals surface area contributed by atoms with E-state index in [-0.39, 0.29) is 0 Å². The van der Waals surface area contributed by atoms with E-state index in [2.05, 4.69) is 33.4 Å². The number of hydrogen-bond acceptors (Lipinski definition) is 7. The van der Waals surface area contributed by atoms with Crippen LogP contribution < -0.4 is 11.1 Å². The van der Waals surface area contributed by atoms with Gasteiger partial charge in [0.1, 0.15) is 10.8 Å². The SMILES string of the molecule is CCCN(CC)CCNc1snc(N)c1-c1csc(C)n1. The molecule has 0 aliphatic rings. The van der Waals surface area contributed by atoms with Crippen molar-refractivity contribution in [3.63, 3.8) is 0 Å². The average Bonchev–Trinajstić information content (AvgIpc) is 3.04. The molecule has 0 aliphatic heterocycles. The molecule has 3 N–H and O–H groups in total. The van der Waals surface area contributed by atoms with Gasteiger partial charge in [-0.25, -0.2) is 4.98 Å². The van der Waals surface area contributed by atoms with Gasteiger partial charge in [-0.05, 0) is 38.0 Å². The second-order valence-electron chi connectivity index (χ2n) is 4.88. The highest BCUT2D eigenvalue weighted by Gasteiger charge is 2.16. The molecule has 21 heavy (non-hydrogen) atoms. The first-order chi connectivity index (χ1) is 10.2. The van der Waals surface area contributed by atoms with E-state index in [1.807, 2.05) is 12.3 Å². The molecule has 0 aliphatic carbocycles. The molecule has 116 valence electrons. The molecule has 0 radical (unpaired) electrons. The Hall–Kier alpha value is -1.18. The van der Waals surface area contributed by atoms with Gasteiger partial charge >= 0.3 is 0 Å². The molecule has 2 rings (SSSR count). The van der Waals surface area contributed by atoms with Gasteiger partial charge in [0.15, 0.2) is 0 Å². The minimum Gasteiger partial charge on any atom is -0.382 e. The normalized spacial score (nSPS) is 11.2. The number of rotatable bonds is 8. The number of aromatic nitrogens is 2. The molecule has 2 aromatic rings. The molecule has 0 fully saturated rings. The Morgan fingerprint density at radius 2 is 2.14 bits per heavy atom. The van der Waals surface area contributed by atoms with Gasteiger partial charge in [0.2, 0.25) is 0 Å². The molecule has 0 aromatic carbocycles. The Bertz CT molecular complexity index is 563. The number of anilines is 2. The van der Waals surface area contributed by atoms with Crippen LogP contribution in [0.25, 0.3) is 11.3 Å². The topological polar surface area (TPSA) is 67.1 Å². The Balaban J connectivity index is 2.01. The average molecular weight is 326 g/mol. The van der Waals surface area contributed by atoms with E-state index in [0.29, 0.717) is 5.82 Å². The monoisotopic (exact) mass is 325 g/mol. The van der Waals surface area contributed by atoms with Crippen LogP contribution in [0.3, 0.4) is 0 Å². The van der Waals surface area contributed by atoms with Crippen LogP contribution in [0.15, 0.2) is 5.38 Å². The third kappa shape index (κ3) is 4.15.